The van der Waals surface area contributed by atoms with Gasteiger partial charge in [0.25, 0.3) is 0 Å². The van der Waals surface area contributed by atoms with Crippen LogP contribution in [0.15, 0.2) is 29.8 Å². The van der Waals surface area contributed by atoms with Gasteiger partial charge in [-0.2, -0.15) is 0 Å². The van der Waals surface area contributed by atoms with Gasteiger partial charge in [0.2, 0.25) is 0 Å². The number of likely N-dealkylation sites (N-methyl/N-ethyl adjacent to an activating group) is 1. The average Bonchev–Trinajstić information content (AvgIpc) is 2.41. The highest BCUT2D eigenvalue weighted by atomic mass is 16.5. The second-order valence-electron chi connectivity index (χ2n) is 4.94. The van der Waals surface area contributed by atoms with Crippen molar-refractivity contribution < 1.29 is 4.74 Å². The van der Waals surface area contributed by atoms with Crippen molar-refractivity contribution >= 4 is 6.08 Å². The van der Waals surface area contributed by atoms with Crippen molar-refractivity contribution in [3.8, 4) is 5.75 Å². The molecule has 1 atom stereocenters. The third-order valence-corrected chi connectivity index (χ3v) is 3.23. The predicted molar refractivity (Wildman–Crippen MR) is 83.6 cm³/mol. The zero-order valence-electron chi connectivity index (χ0n) is 12.7. The van der Waals surface area contributed by atoms with Gasteiger partial charge in [0, 0.05) is 6.04 Å². The molecule has 1 aromatic carbocycles. The summed E-state index contributed by atoms with van der Waals surface area (Å²) < 4.78 is 5.66. The molecule has 0 aliphatic rings. The lowest BCUT2D eigenvalue weighted by Crippen LogP contribution is -2.26. The number of ether oxygens (including phenoxy) is 1. The van der Waals surface area contributed by atoms with E-state index in [0.717, 1.165) is 25.3 Å². The minimum atomic E-state index is 0.422. The van der Waals surface area contributed by atoms with Crippen LogP contribution in [-0.2, 0) is 0 Å². The van der Waals surface area contributed by atoms with Gasteiger partial charge in [-0.25, -0.2) is 0 Å². The molecular weight excluding hydrogens is 234 g/mol. The van der Waals surface area contributed by atoms with Gasteiger partial charge in [-0.15, -0.1) is 0 Å². The Hall–Kier alpha value is -1.28. The standard InChI is InChI=1S/C17H27NO/c1-5-7-12-19-17-10-8-16(9-11-17)13-14(3)15(4)18-6-2/h8-11,13,15,18H,5-7,12H2,1-4H3/b14-13-. The highest BCUT2D eigenvalue weighted by Gasteiger charge is 2.01. The van der Waals surface area contributed by atoms with Crippen LogP contribution in [0.25, 0.3) is 6.08 Å². The van der Waals surface area contributed by atoms with E-state index < -0.39 is 0 Å². The Balaban J connectivity index is 2.58. The minimum Gasteiger partial charge on any atom is -0.494 e. The molecule has 1 rings (SSSR count). The Labute approximate surface area is 117 Å². The van der Waals surface area contributed by atoms with Gasteiger partial charge in [0.15, 0.2) is 0 Å². The van der Waals surface area contributed by atoms with Crippen molar-refractivity contribution in [3.05, 3.63) is 35.4 Å². The molecule has 0 amide bonds. The number of nitrogens with one attached hydrogen (secondary N) is 1. The van der Waals surface area contributed by atoms with Crippen LogP contribution in [0.2, 0.25) is 0 Å². The molecule has 0 saturated carbocycles. The molecular formula is C17H27NO. The minimum absolute atomic E-state index is 0.422. The third kappa shape index (κ3) is 5.93. The summed E-state index contributed by atoms with van der Waals surface area (Å²) in [7, 11) is 0. The monoisotopic (exact) mass is 261 g/mol. The van der Waals surface area contributed by atoms with Gasteiger partial charge in [-0.3, -0.25) is 0 Å². The topological polar surface area (TPSA) is 21.3 Å². The molecule has 19 heavy (non-hydrogen) atoms. The van der Waals surface area contributed by atoms with Crippen molar-refractivity contribution in [1.82, 2.24) is 5.32 Å². The van der Waals surface area contributed by atoms with Crippen molar-refractivity contribution in [2.75, 3.05) is 13.2 Å². The van der Waals surface area contributed by atoms with E-state index in [4.69, 9.17) is 4.74 Å². The first-order valence-corrected chi connectivity index (χ1v) is 7.31. The number of rotatable bonds is 8. The van der Waals surface area contributed by atoms with Crippen molar-refractivity contribution in [2.45, 2.75) is 46.6 Å². The first-order valence-electron chi connectivity index (χ1n) is 7.31. The smallest absolute Gasteiger partial charge is 0.119 e. The number of benzene rings is 1. The molecule has 0 bridgehead atoms. The van der Waals surface area contributed by atoms with Gasteiger partial charge in [-0.05, 0) is 44.5 Å². The lowest BCUT2D eigenvalue weighted by atomic mass is 10.1. The highest BCUT2D eigenvalue weighted by Crippen LogP contribution is 2.16. The molecule has 0 aromatic heterocycles. The third-order valence-electron chi connectivity index (χ3n) is 3.23. The molecule has 1 unspecified atom stereocenters. The Morgan fingerprint density at radius 1 is 1.26 bits per heavy atom. The summed E-state index contributed by atoms with van der Waals surface area (Å²) in [5, 5.41) is 3.42. The lowest BCUT2D eigenvalue weighted by molar-refractivity contribution is 0.309. The van der Waals surface area contributed by atoms with E-state index in [1.807, 2.05) is 12.1 Å². The summed E-state index contributed by atoms with van der Waals surface area (Å²) in [6.07, 6.45) is 4.51. The van der Waals surface area contributed by atoms with Crippen LogP contribution in [0, 0.1) is 0 Å². The Bertz CT molecular complexity index is 381. The fourth-order valence-electron chi connectivity index (χ4n) is 1.85. The second kappa shape index (κ2) is 8.76. The fourth-order valence-corrected chi connectivity index (χ4v) is 1.85. The summed E-state index contributed by atoms with van der Waals surface area (Å²) >= 11 is 0. The number of hydrogen-bond donors (Lipinski definition) is 1. The van der Waals surface area contributed by atoms with E-state index in [-0.39, 0.29) is 0 Å². The quantitative estimate of drug-likeness (QED) is 0.706. The summed E-state index contributed by atoms with van der Waals surface area (Å²) in [5.74, 6) is 0.961. The van der Waals surface area contributed by atoms with Crippen LogP contribution in [0.4, 0.5) is 0 Å². The molecule has 2 nitrogen and oxygen atoms in total. The first kappa shape index (κ1) is 15.8. The van der Waals surface area contributed by atoms with Gasteiger partial charge < -0.3 is 10.1 Å². The maximum atomic E-state index is 5.66. The molecule has 106 valence electrons. The maximum absolute atomic E-state index is 5.66. The van der Waals surface area contributed by atoms with Gasteiger partial charge >= 0.3 is 0 Å². The molecule has 0 aliphatic heterocycles. The van der Waals surface area contributed by atoms with Crippen LogP contribution in [0.1, 0.15) is 46.1 Å². The summed E-state index contributed by atoms with van der Waals surface area (Å²) in [6, 6.07) is 8.75. The average molecular weight is 261 g/mol. The van der Waals surface area contributed by atoms with E-state index >= 15 is 0 Å². The van der Waals surface area contributed by atoms with Gasteiger partial charge in [-0.1, -0.05) is 44.1 Å². The zero-order valence-corrected chi connectivity index (χ0v) is 12.7. The van der Waals surface area contributed by atoms with E-state index in [1.165, 1.54) is 17.6 Å². The van der Waals surface area contributed by atoms with Crippen LogP contribution < -0.4 is 10.1 Å². The summed E-state index contributed by atoms with van der Waals surface area (Å²) in [5.41, 5.74) is 2.58. The molecule has 0 fully saturated rings. The van der Waals surface area contributed by atoms with E-state index in [9.17, 15) is 0 Å². The van der Waals surface area contributed by atoms with Crippen LogP contribution in [0.3, 0.4) is 0 Å². The second-order valence-corrected chi connectivity index (χ2v) is 4.94. The zero-order chi connectivity index (χ0) is 14.1. The summed E-state index contributed by atoms with van der Waals surface area (Å²) in [6.45, 7) is 10.5. The maximum Gasteiger partial charge on any atom is 0.119 e. The van der Waals surface area contributed by atoms with Crippen molar-refractivity contribution in [2.24, 2.45) is 0 Å². The molecule has 0 spiro atoms. The van der Waals surface area contributed by atoms with E-state index in [2.05, 4.69) is 51.2 Å². The molecule has 0 heterocycles. The molecule has 0 aliphatic carbocycles. The van der Waals surface area contributed by atoms with Crippen LogP contribution in [-0.4, -0.2) is 19.2 Å². The molecule has 0 saturated heterocycles. The SMILES string of the molecule is CCCCOc1ccc(/C=C(/C)C(C)NCC)cc1. The van der Waals surface area contributed by atoms with Gasteiger partial charge in [0.1, 0.15) is 5.75 Å². The highest BCUT2D eigenvalue weighted by molar-refractivity contribution is 5.54. The van der Waals surface area contributed by atoms with Crippen LogP contribution in [0.5, 0.6) is 5.75 Å². The first-order chi connectivity index (χ1) is 9.17. The van der Waals surface area contributed by atoms with E-state index in [1.54, 1.807) is 0 Å². The fraction of sp³-hybridized carbons (Fsp3) is 0.529. The Morgan fingerprint density at radius 2 is 1.95 bits per heavy atom. The predicted octanol–water partition coefficient (Wildman–Crippen LogP) is 4.27. The van der Waals surface area contributed by atoms with Crippen molar-refractivity contribution in [1.29, 1.82) is 0 Å². The lowest BCUT2D eigenvalue weighted by Gasteiger charge is -2.13. The van der Waals surface area contributed by atoms with Crippen molar-refractivity contribution in [3.63, 3.8) is 0 Å². The largest absolute Gasteiger partial charge is 0.494 e. The molecule has 1 N–H and O–H groups in total. The number of hydrogen-bond acceptors (Lipinski definition) is 2. The Kier molecular flexibility index (Phi) is 7.27. The summed E-state index contributed by atoms with van der Waals surface area (Å²) in [4.78, 5) is 0. The van der Waals surface area contributed by atoms with Gasteiger partial charge in [0.05, 0.1) is 6.61 Å². The van der Waals surface area contributed by atoms with E-state index in [0.29, 0.717) is 6.04 Å². The molecule has 1 aromatic rings. The normalized spacial score (nSPS) is 13.4. The molecule has 2 heteroatoms. The number of unbranched alkanes of at least 4 members (excludes halogenated alkanes) is 1. The van der Waals surface area contributed by atoms with Crippen LogP contribution >= 0.6 is 0 Å². The molecule has 0 radical (unpaired) electrons. The Morgan fingerprint density at radius 3 is 2.53 bits per heavy atom.